The topological polar surface area (TPSA) is 42.4 Å². The fourth-order valence-corrected chi connectivity index (χ4v) is 1.85. The molecule has 0 amide bonds. The summed E-state index contributed by atoms with van der Waals surface area (Å²) in [6, 6.07) is 7.30. The van der Waals surface area contributed by atoms with Crippen LogP contribution in [0, 0.1) is 12.7 Å². The predicted octanol–water partition coefficient (Wildman–Crippen LogP) is 3.94. The summed E-state index contributed by atoms with van der Waals surface area (Å²) in [6.45, 7) is 5.68. The first-order chi connectivity index (χ1) is 9.52. The number of aliphatic hydroxyl groups excluding tert-OH is 1. The number of hydrogen-bond acceptors (Lipinski definition) is 3. The Hall–Kier alpha value is -1.94. The van der Waals surface area contributed by atoms with Crippen molar-refractivity contribution in [1.82, 2.24) is 4.98 Å². The third kappa shape index (κ3) is 2.96. The number of hydrogen-bond donors (Lipinski definition) is 1. The summed E-state index contributed by atoms with van der Waals surface area (Å²) in [4.78, 5) is 3.89. The van der Waals surface area contributed by atoms with Gasteiger partial charge in [0.05, 0.1) is 6.61 Å². The van der Waals surface area contributed by atoms with Crippen molar-refractivity contribution in [2.24, 2.45) is 0 Å². The molecule has 20 heavy (non-hydrogen) atoms. The first-order valence-electron chi connectivity index (χ1n) is 6.55. The van der Waals surface area contributed by atoms with Gasteiger partial charge in [-0.1, -0.05) is 26.0 Å². The number of aromatic nitrogens is 1. The largest absolute Gasteiger partial charge is 0.436 e. The Labute approximate surface area is 118 Å². The minimum Gasteiger partial charge on any atom is -0.436 e. The SMILES string of the molecule is Cc1ccc(C(C)C)cc1Oc1nccc(CO)c1F. The van der Waals surface area contributed by atoms with Crippen molar-refractivity contribution in [2.45, 2.75) is 33.3 Å². The van der Waals surface area contributed by atoms with Gasteiger partial charge in [-0.15, -0.1) is 0 Å². The van der Waals surface area contributed by atoms with E-state index in [1.165, 1.54) is 12.3 Å². The van der Waals surface area contributed by atoms with Gasteiger partial charge in [0.25, 0.3) is 5.88 Å². The molecule has 1 heterocycles. The number of nitrogens with zero attached hydrogens (tertiary/aromatic N) is 1. The van der Waals surface area contributed by atoms with Gasteiger partial charge in [0.15, 0.2) is 5.82 Å². The smallest absolute Gasteiger partial charge is 0.256 e. The Bertz CT molecular complexity index is 611. The number of rotatable bonds is 4. The lowest BCUT2D eigenvalue weighted by molar-refractivity contribution is 0.273. The molecule has 0 spiro atoms. The van der Waals surface area contributed by atoms with E-state index in [0.717, 1.165) is 11.1 Å². The van der Waals surface area contributed by atoms with Crippen molar-refractivity contribution in [2.75, 3.05) is 0 Å². The minimum absolute atomic E-state index is 0.111. The van der Waals surface area contributed by atoms with Crippen molar-refractivity contribution in [3.05, 3.63) is 53.0 Å². The second-order valence-corrected chi connectivity index (χ2v) is 5.03. The van der Waals surface area contributed by atoms with Crippen LogP contribution in [0.25, 0.3) is 0 Å². The molecule has 0 aliphatic carbocycles. The van der Waals surface area contributed by atoms with Crippen LogP contribution in [0.5, 0.6) is 11.6 Å². The van der Waals surface area contributed by atoms with Gasteiger partial charge >= 0.3 is 0 Å². The van der Waals surface area contributed by atoms with Gasteiger partial charge in [-0.2, -0.15) is 0 Å². The maximum absolute atomic E-state index is 14.0. The maximum atomic E-state index is 14.0. The average Bonchev–Trinajstić information content (AvgIpc) is 2.43. The summed E-state index contributed by atoms with van der Waals surface area (Å²) >= 11 is 0. The fourth-order valence-electron chi connectivity index (χ4n) is 1.85. The highest BCUT2D eigenvalue weighted by Crippen LogP contribution is 2.29. The van der Waals surface area contributed by atoms with Crippen LogP contribution < -0.4 is 4.74 Å². The maximum Gasteiger partial charge on any atom is 0.256 e. The summed E-state index contributed by atoms with van der Waals surface area (Å²) in [6.07, 6.45) is 1.42. The van der Waals surface area contributed by atoms with Gasteiger partial charge in [0.1, 0.15) is 5.75 Å². The van der Waals surface area contributed by atoms with E-state index in [1.54, 1.807) is 0 Å². The zero-order chi connectivity index (χ0) is 14.7. The van der Waals surface area contributed by atoms with Crippen LogP contribution in [-0.4, -0.2) is 10.1 Å². The van der Waals surface area contributed by atoms with Crippen LogP contribution in [0.2, 0.25) is 0 Å². The number of halogens is 1. The van der Waals surface area contributed by atoms with E-state index in [2.05, 4.69) is 18.8 Å². The molecule has 1 aromatic carbocycles. The molecule has 0 aliphatic rings. The summed E-state index contributed by atoms with van der Waals surface area (Å²) in [7, 11) is 0. The van der Waals surface area contributed by atoms with E-state index < -0.39 is 5.82 Å². The summed E-state index contributed by atoms with van der Waals surface area (Å²) in [5.74, 6) is 0.210. The quantitative estimate of drug-likeness (QED) is 0.919. The Morgan fingerprint density at radius 2 is 2.05 bits per heavy atom. The zero-order valence-electron chi connectivity index (χ0n) is 11.9. The second kappa shape index (κ2) is 6.01. The van der Waals surface area contributed by atoms with Crippen LogP contribution in [0.15, 0.2) is 30.5 Å². The molecule has 2 aromatic rings. The number of pyridine rings is 1. The molecule has 3 nitrogen and oxygen atoms in total. The van der Waals surface area contributed by atoms with E-state index in [-0.39, 0.29) is 18.1 Å². The van der Waals surface area contributed by atoms with Crippen LogP contribution >= 0.6 is 0 Å². The monoisotopic (exact) mass is 275 g/mol. The lowest BCUT2D eigenvalue weighted by atomic mass is 10.0. The summed E-state index contributed by atoms with van der Waals surface area (Å²) in [5.41, 5.74) is 2.20. The second-order valence-electron chi connectivity index (χ2n) is 5.03. The van der Waals surface area contributed by atoms with E-state index in [0.29, 0.717) is 11.7 Å². The third-order valence-corrected chi connectivity index (χ3v) is 3.19. The zero-order valence-corrected chi connectivity index (χ0v) is 11.9. The highest BCUT2D eigenvalue weighted by Gasteiger charge is 2.13. The third-order valence-electron chi connectivity index (χ3n) is 3.19. The number of aliphatic hydroxyl groups is 1. The molecule has 0 fully saturated rings. The van der Waals surface area contributed by atoms with Crippen LogP contribution in [0.1, 0.15) is 36.5 Å². The first kappa shape index (κ1) is 14.5. The number of ether oxygens (including phenoxy) is 1. The van der Waals surface area contributed by atoms with Gasteiger partial charge in [0.2, 0.25) is 0 Å². The predicted molar refractivity (Wildman–Crippen MR) is 75.5 cm³/mol. The molecule has 0 bridgehead atoms. The molecular weight excluding hydrogens is 257 g/mol. The Balaban J connectivity index is 2.37. The van der Waals surface area contributed by atoms with Crippen LogP contribution in [-0.2, 0) is 6.61 Å². The van der Waals surface area contributed by atoms with Gasteiger partial charge in [-0.25, -0.2) is 9.37 Å². The van der Waals surface area contributed by atoms with Crippen molar-refractivity contribution in [3.8, 4) is 11.6 Å². The first-order valence-corrected chi connectivity index (χ1v) is 6.55. The lowest BCUT2D eigenvalue weighted by Gasteiger charge is -2.13. The van der Waals surface area contributed by atoms with Gasteiger partial charge < -0.3 is 9.84 Å². The molecule has 0 saturated heterocycles. The van der Waals surface area contributed by atoms with Gasteiger partial charge in [-0.3, -0.25) is 0 Å². The molecule has 0 unspecified atom stereocenters. The number of benzene rings is 1. The van der Waals surface area contributed by atoms with E-state index >= 15 is 0 Å². The van der Waals surface area contributed by atoms with Crippen molar-refractivity contribution >= 4 is 0 Å². The molecule has 2 rings (SSSR count). The normalized spacial score (nSPS) is 10.9. The van der Waals surface area contributed by atoms with Crippen molar-refractivity contribution in [3.63, 3.8) is 0 Å². The lowest BCUT2D eigenvalue weighted by Crippen LogP contribution is -1.99. The fraction of sp³-hybridized carbons (Fsp3) is 0.312. The van der Waals surface area contributed by atoms with Crippen LogP contribution in [0.4, 0.5) is 4.39 Å². The summed E-state index contributed by atoms with van der Waals surface area (Å²) < 4.78 is 19.6. The molecular formula is C16H18FNO2. The van der Waals surface area contributed by atoms with Crippen LogP contribution in [0.3, 0.4) is 0 Å². The average molecular weight is 275 g/mol. The molecule has 106 valence electrons. The number of aryl methyl sites for hydroxylation is 1. The molecule has 0 atom stereocenters. The Morgan fingerprint density at radius 1 is 1.30 bits per heavy atom. The molecule has 0 aliphatic heterocycles. The molecule has 1 aromatic heterocycles. The highest BCUT2D eigenvalue weighted by molar-refractivity contribution is 5.40. The molecule has 0 radical (unpaired) electrons. The van der Waals surface area contributed by atoms with Gasteiger partial charge in [-0.05, 0) is 36.1 Å². The highest BCUT2D eigenvalue weighted by atomic mass is 19.1. The Morgan fingerprint density at radius 3 is 2.70 bits per heavy atom. The van der Waals surface area contributed by atoms with Crippen molar-refractivity contribution in [1.29, 1.82) is 0 Å². The molecule has 1 N–H and O–H groups in total. The summed E-state index contributed by atoms with van der Waals surface area (Å²) in [5, 5.41) is 9.06. The standard InChI is InChI=1S/C16H18FNO2/c1-10(2)12-5-4-11(3)14(8-12)20-16-15(17)13(9-19)6-7-18-16/h4-8,10,19H,9H2,1-3H3. The molecule has 4 heteroatoms. The minimum atomic E-state index is -0.621. The van der Waals surface area contributed by atoms with E-state index in [9.17, 15) is 4.39 Å². The van der Waals surface area contributed by atoms with E-state index in [4.69, 9.17) is 9.84 Å². The van der Waals surface area contributed by atoms with Crippen molar-refractivity contribution < 1.29 is 14.2 Å². The van der Waals surface area contributed by atoms with E-state index in [1.807, 2.05) is 25.1 Å². The van der Waals surface area contributed by atoms with Gasteiger partial charge in [0, 0.05) is 11.8 Å². The Kier molecular flexibility index (Phi) is 4.35. The molecule has 0 saturated carbocycles.